The van der Waals surface area contributed by atoms with Crippen LogP contribution in [0, 0.1) is 5.92 Å². The van der Waals surface area contributed by atoms with Crippen molar-refractivity contribution in [1.82, 2.24) is 15.5 Å². The molecule has 1 aliphatic carbocycles. The number of methoxy groups -OCH3 is 2. The summed E-state index contributed by atoms with van der Waals surface area (Å²) in [4.78, 5) is 29.3. The third kappa shape index (κ3) is 13.2. The molecule has 0 heterocycles. The smallest absolute Gasteiger partial charge is 0.407 e. The van der Waals surface area contributed by atoms with Gasteiger partial charge in [0.1, 0.15) is 18.0 Å². The number of fused-ring (bicyclic) bond motifs is 1. The van der Waals surface area contributed by atoms with Crippen LogP contribution in [-0.4, -0.2) is 105 Å². The van der Waals surface area contributed by atoms with Gasteiger partial charge in [0, 0.05) is 46.2 Å². The van der Waals surface area contributed by atoms with E-state index in [9.17, 15) is 19.8 Å². The molecule has 2 amide bonds. The summed E-state index contributed by atoms with van der Waals surface area (Å²) in [5, 5.41) is 28.6. The molecular formula is C41H57N3O8. The molecular weight excluding hydrogens is 662 g/mol. The molecule has 0 aliphatic heterocycles. The maximum Gasteiger partial charge on any atom is 0.407 e. The fourth-order valence-electron chi connectivity index (χ4n) is 6.44. The van der Waals surface area contributed by atoms with Crippen LogP contribution >= 0.6 is 0 Å². The highest BCUT2D eigenvalue weighted by molar-refractivity contribution is 5.80. The Balaban J connectivity index is 1.50. The van der Waals surface area contributed by atoms with Crippen molar-refractivity contribution in [2.24, 2.45) is 5.92 Å². The highest BCUT2D eigenvalue weighted by Crippen LogP contribution is 2.32. The van der Waals surface area contributed by atoms with Crippen LogP contribution in [0.3, 0.4) is 0 Å². The van der Waals surface area contributed by atoms with Crippen LogP contribution in [0.2, 0.25) is 0 Å². The summed E-state index contributed by atoms with van der Waals surface area (Å²) in [5.74, 6) is -0.267. The highest BCUT2D eigenvalue weighted by Gasteiger charge is 2.35. The molecule has 4 rings (SSSR count). The third-order valence-corrected chi connectivity index (χ3v) is 9.17. The minimum absolute atomic E-state index is 0.0562. The Labute approximate surface area is 308 Å². The lowest BCUT2D eigenvalue weighted by Gasteiger charge is -2.30. The Morgan fingerprint density at radius 3 is 2.12 bits per heavy atom. The van der Waals surface area contributed by atoms with Crippen molar-refractivity contribution in [3.8, 4) is 5.75 Å². The van der Waals surface area contributed by atoms with Crippen LogP contribution in [0.15, 0.2) is 78.9 Å². The third-order valence-electron chi connectivity index (χ3n) is 9.17. The van der Waals surface area contributed by atoms with Gasteiger partial charge in [-0.25, -0.2) is 4.79 Å². The van der Waals surface area contributed by atoms with E-state index in [1.54, 1.807) is 35.0 Å². The molecule has 0 saturated heterocycles. The Bertz CT molecular complexity index is 1510. The molecule has 3 aromatic carbocycles. The van der Waals surface area contributed by atoms with Crippen molar-refractivity contribution in [3.63, 3.8) is 0 Å². The van der Waals surface area contributed by atoms with E-state index in [2.05, 4.69) is 15.5 Å². The van der Waals surface area contributed by atoms with Gasteiger partial charge in [-0.2, -0.15) is 0 Å². The maximum absolute atomic E-state index is 14.1. The molecule has 4 N–H and O–H groups in total. The Kier molecular flexibility index (Phi) is 15.9. The first-order valence-corrected chi connectivity index (χ1v) is 18.2. The predicted molar refractivity (Wildman–Crippen MR) is 200 cm³/mol. The Hall–Kier alpha value is -4.00. The first-order chi connectivity index (χ1) is 25.0. The number of alkyl carbamates (subject to hydrolysis) is 1. The monoisotopic (exact) mass is 719 g/mol. The number of carbonyl (C=O) groups is 2. The Morgan fingerprint density at radius 2 is 1.46 bits per heavy atom. The molecule has 0 fully saturated rings. The molecule has 0 saturated carbocycles. The lowest BCUT2D eigenvalue weighted by atomic mass is 9.88. The topological polar surface area (TPSA) is 139 Å². The molecule has 0 unspecified atom stereocenters. The second kappa shape index (κ2) is 20.3. The molecule has 0 aromatic heterocycles. The van der Waals surface area contributed by atoms with Gasteiger partial charge in [0.25, 0.3) is 0 Å². The van der Waals surface area contributed by atoms with Gasteiger partial charge in [0.15, 0.2) is 0 Å². The number of amides is 2. The number of aliphatic hydroxyl groups excluding tert-OH is 2. The van der Waals surface area contributed by atoms with Gasteiger partial charge in [-0.15, -0.1) is 0 Å². The number of rotatable bonds is 20. The summed E-state index contributed by atoms with van der Waals surface area (Å²) < 4.78 is 22.0. The standard InChI is InChI=1S/C41H57N3O8/c1-41(2,3)52-40(48)42-35(26-29-11-7-6-8-12-29)36(45)28-32(39(47)43-38-34-14-10-9-13-31(34)27-37(38)46)25-30-15-17-33(18-16-30)51-24-21-44(19-22-49-4)20-23-50-5/h6-18,32,35-38,45-46H,19-28H2,1-5H3,(H,42,48)(H,43,47)/t32-,35+,36+,37-,38+/m1/s1. The number of nitrogens with one attached hydrogen (secondary N) is 2. The van der Waals surface area contributed by atoms with E-state index in [-0.39, 0.29) is 12.3 Å². The van der Waals surface area contributed by atoms with Gasteiger partial charge < -0.3 is 39.8 Å². The zero-order valence-corrected chi connectivity index (χ0v) is 31.3. The SMILES string of the molecule is COCCN(CCOC)CCOc1ccc(C[C@H](C[C@H](O)[C@H](Cc2ccccc2)NC(=O)OC(C)(C)C)C(=O)N[C@H]2c3ccccc3C[C@H]2O)cc1. The molecule has 11 nitrogen and oxygen atoms in total. The number of carbonyl (C=O) groups excluding carboxylic acids is 2. The van der Waals surface area contributed by atoms with Crippen LogP contribution in [0.25, 0.3) is 0 Å². The minimum Gasteiger partial charge on any atom is -0.492 e. The highest BCUT2D eigenvalue weighted by atomic mass is 16.6. The lowest BCUT2D eigenvalue weighted by Crippen LogP contribution is -2.48. The molecule has 284 valence electrons. The molecule has 5 atom stereocenters. The number of ether oxygens (including phenoxy) is 4. The zero-order valence-electron chi connectivity index (χ0n) is 31.3. The van der Waals surface area contributed by atoms with E-state index in [4.69, 9.17) is 18.9 Å². The van der Waals surface area contributed by atoms with Crippen LogP contribution in [0.5, 0.6) is 5.75 Å². The number of nitrogens with zero attached hydrogens (tertiary/aromatic N) is 1. The van der Waals surface area contributed by atoms with Gasteiger partial charge in [0.2, 0.25) is 5.91 Å². The van der Waals surface area contributed by atoms with E-state index in [1.165, 1.54) is 0 Å². The summed E-state index contributed by atoms with van der Waals surface area (Å²) in [5.41, 5.74) is 2.97. The molecule has 3 aromatic rings. The lowest BCUT2D eigenvalue weighted by molar-refractivity contribution is -0.127. The van der Waals surface area contributed by atoms with E-state index in [1.807, 2.05) is 78.9 Å². The summed E-state index contributed by atoms with van der Waals surface area (Å²) in [6, 6.07) is 23.6. The van der Waals surface area contributed by atoms with Crippen molar-refractivity contribution < 1.29 is 38.7 Å². The summed E-state index contributed by atoms with van der Waals surface area (Å²) in [6.07, 6.45) is -1.33. The van der Waals surface area contributed by atoms with E-state index in [0.29, 0.717) is 51.4 Å². The minimum atomic E-state index is -1.09. The second-order valence-electron chi connectivity index (χ2n) is 14.4. The van der Waals surface area contributed by atoms with Crippen LogP contribution < -0.4 is 15.4 Å². The first kappa shape index (κ1) is 40.8. The van der Waals surface area contributed by atoms with Gasteiger partial charge >= 0.3 is 6.09 Å². The largest absolute Gasteiger partial charge is 0.492 e. The molecule has 52 heavy (non-hydrogen) atoms. The van der Waals surface area contributed by atoms with Crippen molar-refractivity contribution in [1.29, 1.82) is 0 Å². The van der Waals surface area contributed by atoms with E-state index in [0.717, 1.165) is 35.3 Å². The normalized spacial score (nSPS) is 17.2. The number of aliphatic hydroxyl groups is 2. The molecule has 0 bridgehead atoms. The summed E-state index contributed by atoms with van der Waals surface area (Å²) >= 11 is 0. The molecule has 1 aliphatic rings. The summed E-state index contributed by atoms with van der Waals surface area (Å²) in [7, 11) is 3.37. The maximum atomic E-state index is 14.1. The second-order valence-corrected chi connectivity index (χ2v) is 14.4. The average molecular weight is 720 g/mol. The van der Waals surface area contributed by atoms with Crippen molar-refractivity contribution >= 4 is 12.0 Å². The fourth-order valence-corrected chi connectivity index (χ4v) is 6.44. The first-order valence-electron chi connectivity index (χ1n) is 18.2. The van der Waals surface area contributed by atoms with E-state index < -0.39 is 41.9 Å². The number of benzene rings is 3. The number of hydrogen-bond acceptors (Lipinski definition) is 9. The van der Waals surface area contributed by atoms with Crippen molar-refractivity contribution in [2.75, 3.05) is 53.7 Å². The van der Waals surface area contributed by atoms with Crippen LogP contribution in [-0.2, 0) is 38.3 Å². The Morgan fingerprint density at radius 1 is 0.846 bits per heavy atom. The van der Waals surface area contributed by atoms with Crippen molar-refractivity contribution in [2.45, 2.75) is 76.3 Å². The molecule has 0 radical (unpaired) electrons. The molecule has 0 spiro atoms. The quantitative estimate of drug-likeness (QED) is 0.133. The van der Waals surface area contributed by atoms with Gasteiger partial charge in [0.05, 0.1) is 37.5 Å². The van der Waals surface area contributed by atoms with Crippen molar-refractivity contribution in [3.05, 3.63) is 101 Å². The van der Waals surface area contributed by atoms with Gasteiger partial charge in [-0.3, -0.25) is 9.69 Å². The number of hydrogen-bond donors (Lipinski definition) is 4. The van der Waals surface area contributed by atoms with Gasteiger partial charge in [-0.05, 0) is 74.4 Å². The summed E-state index contributed by atoms with van der Waals surface area (Å²) in [6.45, 7) is 9.35. The van der Waals surface area contributed by atoms with E-state index >= 15 is 0 Å². The molecule has 11 heteroatoms. The predicted octanol–water partition coefficient (Wildman–Crippen LogP) is 4.48. The van der Waals surface area contributed by atoms with Gasteiger partial charge in [-0.1, -0.05) is 66.7 Å². The average Bonchev–Trinajstić information content (AvgIpc) is 3.43. The fraction of sp³-hybridized carbons (Fsp3) is 0.512. The van der Waals surface area contributed by atoms with Crippen LogP contribution in [0.4, 0.5) is 4.79 Å². The van der Waals surface area contributed by atoms with Crippen LogP contribution in [0.1, 0.15) is 55.5 Å². The zero-order chi connectivity index (χ0) is 37.5.